The van der Waals surface area contributed by atoms with Crippen LogP contribution < -0.4 is 0 Å². The zero-order chi connectivity index (χ0) is 8.10. The van der Waals surface area contributed by atoms with Gasteiger partial charge >= 0.3 is 0 Å². The Bertz CT molecular complexity index is 344. The molecule has 0 aliphatic carbocycles. The number of nitrogens with zero attached hydrogens (tertiary/aromatic N) is 5. The molecule has 0 radical (unpaired) electrons. The first-order chi connectivity index (χ1) is 5.36. The molecular formula is C6H3N5. The number of hydrogen-bond acceptors (Lipinski definition) is 3. The van der Waals surface area contributed by atoms with E-state index in [1.54, 1.807) is 0 Å². The lowest BCUT2D eigenvalue weighted by Gasteiger charge is -1.88. The summed E-state index contributed by atoms with van der Waals surface area (Å²) in [6.07, 6.45) is 1.42. The van der Waals surface area contributed by atoms with E-state index in [2.05, 4.69) is 15.0 Å². The molecule has 0 saturated carbocycles. The van der Waals surface area contributed by atoms with Gasteiger partial charge in [0, 0.05) is 11.1 Å². The third-order valence-electron chi connectivity index (χ3n) is 1.02. The van der Waals surface area contributed by atoms with Gasteiger partial charge in [0.05, 0.1) is 11.6 Å². The molecule has 1 rings (SSSR count). The van der Waals surface area contributed by atoms with Gasteiger partial charge in [-0.25, -0.2) is 0 Å². The summed E-state index contributed by atoms with van der Waals surface area (Å²) >= 11 is 0. The van der Waals surface area contributed by atoms with Gasteiger partial charge in [-0.15, -0.1) is 0 Å². The standard InChI is InChI=1S/C6H3N5/c7-4-5-1-2-9-6(3-5)10-11-8/h1-3H. The van der Waals surface area contributed by atoms with Crippen molar-refractivity contribution in [2.24, 2.45) is 5.11 Å². The van der Waals surface area contributed by atoms with Gasteiger partial charge < -0.3 is 0 Å². The van der Waals surface area contributed by atoms with Crippen molar-refractivity contribution in [2.75, 3.05) is 0 Å². The normalized spacial score (nSPS) is 7.91. The van der Waals surface area contributed by atoms with Crippen LogP contribution in [0.2, 0.25) is 0 Å². The van der Waals surface area contributed by atoms with Crippen LogP contribution in [-0.2, 0) is 0 Å². The molecule has 0 aliphatic rings. The number of azide groups is 1. The second kappa shape index (κ2) is 3.20. The number of aromatic nitrogens is 1. The number of nitriles is 1. The fraction of sp³-hybridized carbons (Fsp3) is 0. The van der Waals surface area contributed by atoms with Crippen LogP contribution in [0.1, 0.15) is 5.56 Å². The molecule has 5 nitrogen and oxygen atoms in total. The van der Waals surface area contributed by atoms with E-state index in [0.29, 0.717) is 5.56 Å². The summed E-state index contributed by atoms with van der Waals surface area (Å²) in [5.74, 6) is 0.214. The lowest BCUT2D eigenvalue weighted by Crippen LogP contribution is -1.75. The minimum Gasteiger partial charge on any atom is -0.255 e. The lowest BCUT2D eigenvalue weighted by atomic mass is 10.3. The van der Waals surface area contributed by atoms with Gasteiger partial charge in [-0.05, 0) is 22.8 Å². The van der Waals surface area contributed by atoms with Crippen LogP contribution in [0.5, 0.6) is 0 Å². The maximum atomic E-state index is 8.42. The van der Waals surface area contributed by atoms with Gasteiger partial charge in [-0.2, -0.15) is 5.26 Å². The van der Waals surface area contributed by atoms with E-state index in [9.17, 15) is 0 Å². The number of rotatable bonds is 1. The highest BCUT2D eigenvalue weighted by Crippen LogP contribution is 2.08. The minimum atomic E-state index is 0.214. The van der Waals surface area contributed by atoms with Crippen LogP contribution in [0.25, 0.3) is 10.4 Å². The van der Waals surface area contributed by atoms with Crippen LogP contribution in [0, 0.1) is 11.3 Å². The van der Waals surface area contributed by atoms with Crippen molar-refractivity contribution in [1.29, 1.82) is 5.26 Å². The van der Waals surface area contributed by atoms with Crippen LogP contribution in [0.3, 0.4) is 0 Å². The summed E-state index contributed by atoms with van der Waals surface area (Å²) in [7, 11) is 0. The molecule has 0 bridgehead atoms. The molecule has 5 heteroatoms. The zero-order valence-electron chi connectivity index (χ0n) is 5.47. The lowest BCUT2D eigenvalue weighted by molar-refractivity contribution is 1.25. The summed E-state index contributed by atoms with van der Waals surface area (Å²) in [6.45, 7) is 0. The monoisotopic (exact) mass is 145 g/mol. The molecule has 52 valence electrons. The fourth-order valence-electron chi connectivity index (χ4n) is 0.588. The molecule has 0 saturated heterocycles. The third-order valence-corrected chi connectivity index (χ3v) is 1.02. The third kappa shape index (κ3) is 1.68. The fourth-order valence-corrected chi connectivity index (χ4v) is 0.588. The van der Waals surface area contributed by atoms with Crippen molar-refractivity contribution in [1.82, 2.24) is 4.98 Å². The van der Waals surface area contributed by atoms with Crippen molar-refractivity contribution in [3.63, 3.8) is 0 Å². The summed E-state index contributed by atoms with van der Waals surface area (Å²) in [5, 5.41) is 11.7. The van der Waals surface area contributed by atoms with Gasteiger partial charge in [-0.3, -0.25) is 4.98 Å². The Morgan fingerprint density at radius 3 is 3.18 bits per heavy atom. The highest BCUT2D eigenvalue weighted by Gasteiger charge is 1.91. The molecule has 0 atom stereocenters. The minimum absolute atomic E-state index is 0.214. The highest BCUT2D eigenvalue weighted by atomic mass is 15.2. The molecule has 0 fully saturated rings. The Kier molecular flexibility index (Phi) is 2.06. The van der Waals surface area contributed by atoms with Gasteiger partial charge in [-0.1, -0.05) is 0 Å². The molecular weight excluding hydrogens is 142 g/mol. The van der Waals surface area contributed by atoms with Gasteiger partial charge in [0.25, 0.3) is 0 Å². The molecule has 0 unspecified atom stereocenters. The Morgan fingerprint density at radius 1 is 1.73 bits per heavy atom. The molecule has 1 aromatic rings. The molecule has 0 aromatic carbocycles. The second-order valence-electron chi connectivity index (χ2n) is 1.70. The first-order valence-corrected chi connectivity index (χ1v) is 2.78. The van der Waals surface area contributed by atoms with Crippen molar-refractivity contribution in [2.45, 2.75) is 0 Å². The molecule has 0 aliphatic heterocycles. The molecule has 1 heterocycles. The van der Waals surface area contributed by atoms with E-state index in [1.807, 2.05) is 6.07 Å². The molecule has 0 amide bonds. The molecule has 1 aromatic heterocycles. The van der Waals surface area contributed by atoms with E-state index < -0.39 is 0 Å². The van der Waals surface area contributed by atoms with E-state index in [4.69, 9.17) is 10.8 Å². The van der Waals surface area contributed by atoms with E-state index in [-0.39, 0.29) is 5.82 Å². The number of pyridine rings is 1. The van der Waals surface area contributed by atoms with Crippen LogP contribution in [0.15, 0.2) is 23.4 Å². The van der Waals surface area contributed by atoms with Crippen LogP contribution in [-0.4, -0.2) is 4.98 Å². The van der Waals surface area contributed by atoms with E-state index in [0.717, 1.165) is 0 Å². The zero-order valence-corrected chi connectivity index (χ0v) is 5.47. The predicted octanol–water partition coefficient (Wildman–Crippen LogP) is 1.90. The first kappa shape index (κ1) is 7.06. The quantitative estimate of drug-likeness (QED) is 0.343. The van der Waals surface area contributed by atoms with Crippen LogP contribution >= 0.6 is 0 Å². The van der Waals surface area contributed by atoms with Gasteiger partial charge in [0.1, 0.15) is 5.82 Å². The topological polar surface area (TPSA) is 85.4 Å². The average Bonchev–Trinajstić information content (AvgIpc) is 2.06. The van der Waals surface area contributed by atoms with Crippen molar-refractivity contribution < 1.29 is 0 Å². The van der Waals surface area contributed by atoms with Crippen molar-refractivity contribution >= 4 is 5.82 Å². The molecule has 11 heavy (non-hydrogen) atoms. The van der Waals surface area contributed by atoms with Crippen LogP contribution in [0.4, 0.5) is 5.82 Å². The molecule has 0 spiro atoms. The average molecular weight is 145 g/mol. The summed E-state index contributed by atoms with van der Waals surface area (Å²) in [5.41, 5.74) is 8.45. The Hall–Kier alpha value is -2.05. The Morgan fingerprint density at radius 2 is 2.55 bits per heavy atom. The Labute approximate surface area is 62.5 Å². The summed E-state index contributed by atoms with van der Waals surface area (Å²) in [6, 6.07) is 4.86. The predicted molar refractivity (Wildman–Crippen MR) is 37.8 cm³/mol. The smallest absolute Gasteiger partial charge is 0.128 e. The van der Waals surface area contributed by atoms with Gasteiger partial charge in [0.15, 0.2) is 0 Å². The number of hydrogen-bond donors (Lipinski definition) is 0. The van der Waals surface area contributed by atoms with Crippen molar-refractivity contribution in [3.8, 4) is 6.07 Å². The van der Waals surface area contributed by atoms with Gasteiger partial charge in [0.2, 0.25) is 0 Å². The van der Waals surface area contributed by atoms with E-state index >= 15 is 0 Å². The molecule has 0 N–H and O–H groups in total. The second-order valence-corrected chi connectivity index (χ2v) is 1.70. The SMILES string of the molecule is N#Cc1ccnc(N=[N+]=[N-])c1. The highest BCUT2D eigenvalue weighted by molar-refractivity contribution is 5.37. The van der Waals surface area contributed by atoms with E-state index in [1.165, 1.54) is 18.3 Å². The summed E-state index contributed by atoms with van der Waals surface area (Å²) < 4.78 is 0. The maximum Gasteiger partial charge on any atom is 0.128 e. The Balaban J connectivity index is 3.12. The van der Waals surface area contributed by atoms with Crippen molar-refractivity contribution in [3.05, 3.63) is 34.3 Å². The first-order valence-electron chi connectivity index (χ1n) is 2.78. The largest absolute Gasteiger partial charge is 0.255 e. The summed E-state index contributed by atoms with van der Waals surface area (Å²) in [4.78, 5) is 6.24. The maximum absolute atomic E-state index is 8.42.